The molecular weight excluding hydrogens is 410 g/mol. The molecule has 0 fully saturated rings. The average molecular weight is 423 g/mol. The number of hydrogen-bond donors (Lipinski definition) is 3. The lowest BCUT2D eigenvalue weighted by Crippen LogP contribution is -2.52. The Hall–Kier alpha value is -2.86. The van der Waals surface area contributed by atoms with Crippen molar-refractivity contribution in [2.24, 2.45) is 4.99 Å². The molecule has 1 amide bonds. The molecule has 28 heavy (non-hydrogen) atoms. The highest BCUT2D eigenvalue weighted by atomic mass is 35.5. The average Bonchev–Trinajstić information content (AvgIpc) is 2.68. The number of hydrogen-bond acceptors (Lipinski definition) is 6. The van der Waals surface area contributed by atoms with Gasteiger partial charge in [0.15, 0.2) is 17.6 Å². The fourth-order valence-corrected chi connectivity index (χ4v) is 2.91. The van der Waals surface area contributed by atoms with Crippen molar-refractivity contribution in [3.05, 3.63) is 57.3 Å². The van der Waals surface area contributed by atoms with E-state index in [1.54, 1.807) is 0 Å². The van der Waals surface area contributed by atoms with E-state index in [4.69, 9.17) is 38.3 Å². The predicted molar refractivity (Wildman–Crippen MR) is 101 cm³/mol. The molecular formula is C18H13Cl2FN4O3. The van der Waals surface area contributed by atoms with Gasteiger partial charge in [0, 0.05) is 11.4 Å². The number of nitrogens with zero attached hydrogens (tertiary/aromatic N) is 2. The Labute approximate surface area is 169 Å². The molecule has 1 aliphatic heterocycles. The number of halogens is 3. The van der Waals surface area contributed by atoms with E-state index >= 15 is 0 Å². The zero-order valence-corrected chi connectivity index (χ0v) is 15.7. The van der Waals surface area contributed by atoms with Crippen LogP contribution in [-0.2, 0) is 11.2 Å². The summed E-state index contributed by atoms with van der Waals surface area (Å²) in [5, 5.41) is 18.5. The Balaban J connectivity index is 1.90. The van der Waals surface area contributed by atoms with Crippen molar-refractivity contribution in [1.29, 1.82) is 5.26 Å². The minimum atomic E-state index is -0.960. The van der Waals surface area contributed by atoms with Gasteiger partial charge in [-0.3, -0.25) is 20.6 Å². The van der Waals surface area contributed by atoms with E-state index in [1.807, 2.05) is 6.07 Å². The molecule has 144 valence electrons. The third kappa shape index (κ3) is 4.34. The number of rotatable bonds is 5. The van der Waals surface area contributed by atoms with Crippen molar-refractivity contribution in [1.82, 2.24) is 10.9 Å². The van der Waals surface area contributed by atoms with E-state index in [2.05, 4.69) is 15.8 Å². The summed E-state index contributed by atoms with van der Waals surface area (Å²) in [5.74, 6) is -1.03. The first-order chi connectivity index (χ1) is 13.4. The number of carbonyl (C=O) groups is 1. The number of amidine groups is 1. The third-order valence-corrected chi connectivity index (χ3v) is 4.34. The van der Waals surface area contributed by atoms with Crippen molar-refractivity contribution in [3.8, 4) is 17.6 Å². The largest absolute Gasteiger partial charge is 0.453 e. The quantitative estimate of drug-likeness (QED) is 0.686. The minimum Gasteiger partial charge on any atom is -0.453 e. The lowest BCUT2D eigenvalue weighted by Gasteiger charge is -2.21. The van der Waals surface area contributed by atoms with Crippen LogP contribution in [0.3, 0.4) is 0 Å². The lowest BCUT2D eigenvalue weighted by atomic mass is 10.1. The van der Waals surface area contributed by atoms with Gasteiger partial charge in [0.1, 0.15) is 11.6 Å². The first-order valence-electron chi connectivity index (χ1n) is 8.00. The van der Waals surface area contributed by atoms with Crippen molar-refractivity contribution >= 4 is 34.9 Å². The van der Waals surface area contributed by atoms with Crippen molar-refractivity contribution in [3.63, 3.8) is 0 Å². The summed E-state index contributed by atoms with van der Waals surface area (Å²) in [6, 6.07) is 8.16. The predicted octanol–water partition coefficient (Wildman–Crippen LogP) is 2.73. The van der Waals surface area contributed by atoms with Gasteiger partial charge in [0.05, 0.1) is 23.3 Å². The maximum atomic E-state index is 15.0. The summed E-state index contributed by atoms with van der Waals surface area (Å²) in [6.45, 7) is -0.468. The van der Waals surface area contributed by atoms with Crippen molar-refractivity contribution in [2.75, 3.05) is 6.61 Å². The van der Waals surface area contributed by atoms with Gasteiger partial charge in [0.2, 0.25) is 0 Å². The second kappa shape index (κ2) is 8.44. The van der Waals surface area contributed by atoms with E-state index < -0.39 is 24.4 Å². The smallest absolute Gasteiger partial charge is 0.265 e. The van der Waals surface area contributed by atoms with E-state index in [0.29, 0.717) is 0 Å². The van der Waals surface area contributed by atoms with Crippen LogP contribution in [0, 0.1) is 17.1 Å². The molecule has 0 radical (unpaired) electrons. The molecule has 3 rings (SSSR count). The fraction of sp³-hybridized carbons (Fsp3) is 0.167. The van der Waals surface area contributed by atoms with Crippen LogP contribution in [0.1, 0.15) is 11.1 Å². The van der Waals surface area contributed by atoms with Gasteiger partial charge in [-0.25, -0.2) is 4.39 Å². The molecule has 3 N–H and O–H groups in total. The molecule has 1 heterocycles. The number of benzene rings is 2. The Kier molecular flexibility index (Phi) is 5.99. The first-order valence-corrected chi connectivity index (χ1v) is 8.75. The Morgan fingerprint density at radius 1 is 1.29 bits per heavy atom. The van der Waals surface area contributed by atoms with Gasteiger partial charge >= 0.3 is 0 Å². The maximum Gasteiger partial charge on any atom is 0.265 e. The molecule has 1 aliphatic rings. The van der Waals surface area contributed by atoms with E-state index in [9.17, 15) is 9.18 Å². The lowest BCUT2D eigenvalue weighted by molar-refractivity contribution is -0.124. The van der Waals surface area contributed by atoms with E-state index in [0.717, 1.165) is 0 Å². The molecule has 7 nitrogen and oxygen atoms in total. The number of hydrazine groups is 1. The van der Waals surface area contributed by atoms with Gasteiger partial charge in [0.25, 0.3) is 5.91 Å². The maximum absolute atomic E-state index is 15.0. The second-order valence-electron chi connectivity index (χ2n) is 5.80. The summed E-state index contributed by atoms with van der Waals surface area (Å²) in [4.78, 5) is 15.5. The molecule has 0 spiro atoms. The molecule has 0 saturated heterocycles. The summed E-state index contributed by atoms with van der Waals surface area (Å²) in [7, 11) is 0. The third-order valence-electron chi connectivity index (χ3n) is 3.82. The molecule has 0 bridgehead atoms. The van der Waals surface area contributed by atoms with Crippen LogP contribution in [0.2, 0.25) is 10.0 Å². The van der Waals surface area contributed by atoms with Crippen molar-refractivity contribution < 1.29 is 19.0 Å². The second-order valence-corrected chi connectivity index (χ2v) is 6.65. The Morgan fingerprint density at radius 3 is 2.79 bits per heavy atom. The van der Waals surface area contributed by atoms with Crippen LogP contribution in [-0.4, -0.2) is 29.5 Å². The highest BCUT2D eigenvalue weighted by Gasteiger charge is 2.24. The van der Waals surface area contributed by atoms with Gasteiger partial charge in [-0.05, 0) is 29.8 Å². The summed E-state index contributed by atoms with van der Waals surface area (Å²) >= 11 is 12.0. The van der Waals surface area contributed by atoms with Gasteiger partial charge in [-0.2, -0.15) is 5.26 Å². The van der Waals surface area contributed by atoms with Crippen molar-refractivity contribution in [2.45, 2.75) is 12.5 Å². The molecule has 2 aromatic rings. The topological polar surface area (TPSA) is 107 Å². The Bertz CT molecular complexity index is 1010. The summed E-state index contributed by atoms with van der Waals surface area (Å²) < 4.78 is 20.5. The molecule has 1 atom stereocenters. The summed E-state index contributed by atoms with van der Waals surface area (Å²) in [5.41, 5.74) is 5.36. The monoisotopic (exact) mass is 422 g/mol. The standard InChI is InChI=1S/C18H13Cl2FN4O3/c19-11-3-9(7-22)4-12(6-11)28-17-13(20)2-1-10(16(17)21)5-15-23-14(8-26)18(27)25-24-15/h1-4,6,14,26H,5,8H2,(H,23,24)(H,25,27). The number of ether oxygens (including phenoxy) is 1. The number of aliphatic imine (C=N–C) groups is 1. The highest BCUT2D eigenvalue weighted by Crippen LogP contribution is 2.35. The van der Waals surface area contributed by atoms with Crippen LogP contribution in [0.5, 0.6) is 11.5 Å². The van der Waals surface area contributed by atoms with Crippen LogP contribution < -0.4 is 15.6 Å². The highest BCUT2D eigenvalue weighted by molar-refractivity contribution is 6.32. The van der Waals surface area contributed by atoms with Crippen LogP contribution >= 0.6 is 23.2 Å². The van der Waals surface area contributed by atoms with Crippen LogP contribution in [0.4, 0.5) is 4.39 Å². The molecule has 2 aromatic carbocycles. The number of nitrogens with one attached hydrogen (secondary N) is 2. The van der Waals surface area contributed by atoms with E-state index in [1.165, 1.54) is 30.3 Å². The Morgan fingerprint density at radius 2 is 2.07 bits per heavy atom. The van der Waals surface area contributed by atoms with Gasteiger partial charge < -0.3 is 9.84 Å². The first kappa shape index (κ1) is 19.9. The fourth-order valence-electron chi connectivity index (χ4n) is 2.50. The number of carbonyl (C=O) groups excluding carboxylic acids is 1. The van der Waals surface area contributed by atoms with E-state index in [-0.39, 0.29) is 44.9 Å². The number of aliphatic hydroxyl groups is 1. The van der Waals surface area contributed by atoms with Crippen LogP contribution in [0.25, 0.3) is 0 Å². The zero-order chi connectivity index (χ0) is 20.3. The SMILES string of the molecule is N#Cc1cc(Cl)cc(Oc2c(Cl)ccc(CC3=NC(CO)C(=O)NN3)c2F)c1. The number of aliphatic hydroxyl groups excluding tert-OH is 1. The number of amides is 1. The molecule has 0 aromatic heterocycles. The normalized spacial score (nSPS) is 15.9. The minimum absolute atomic E-state index is 0.00483. The number of nitriles is 1. The van der Waals surface area contributed by atoms with Gasteiger partial charge in [-0.15, -0.1) is 0 Å². The van der Waals surface area contributed by atoms with Gasteiger partial charge in [-0.1, -0.05) is 29.3 Å². The zero-order valence-electron chi connectivity index (χ0n) is 14.2. The molecule has 0 aliphatic carbocycles. The molecule has 10 heteroatoms. The summed E-state index contributed by atoms with van der Waals surface area (Å²) in [6.07, 6.45) is -0.00483. The van der Waals surface area contributed by atoms with Crippen LogP contribution in [0.15, 0.2) is 35.3 Å². The molecule has 1 unspecified atom stereocenters. The molecule has 0 saturated carbocycles.